The van der Waals surface area contributed by atoms with Crippen LogP contribution in [0, 0.1) is 25.2 Å². The summed E-state index contributed by atoms with van der Waals surface area (Å²) in [6, 6.07) is 6.99. The van der Waals surface area contributed by atoms with E-state index in [9.17, 15) is 5.11 Å². The zero-order valence-electron chi connectivity index (χ0n) is 12.5. The van der Waals surface area contributed by atoms with Crippen LogP contribution < -0.4 is 0 Å². The molecule has 2 unspecified atom stereocenters. The fourth-order valence-electron chi connectivity index (χ4n) is 4.41. The zero-order valence-corrected chi connectivity index (χ0v) is 12.5. The molecule has 2 aliphatic rings. The van der Waals surface area contributed by atoms with E-state index in [2.05, 4.69) is 18.0 Å². The lowest BCUT2D eigenvalue weighted by Gasteiger charge is -2.43. The van der Waals surface area contributed by atoms with Crippen LogP contribution in [-0.2, 0) is 5.60 Å². The Bertz CT molecular complexity index is 550. The van der Waals surface area contributed by atoms with Crippen molar-refractivity contribution in [3.05, 3.63) is 34.4 Å². The molecule has 2 saturated heterocycles. The van der Waals surface area contributed by atoms with Crippen molar-refractivity contribution in [2.24, 2.45) is 0 Å². The van der Waals surface area contributed by atoms with E-state index in [0.717, 1.165) is 29.5 Å². The Morgan fingerprint density at radius 2 is 1.70 bits per heavy atom. The van der Waals surface area contributed by atoms with E-state index in [1.807, 2.05) is 26.0 Å². The predicted octanol–water partition coefficient (Wildman–Crippen LogP) is 2.62. The molecule has 2 atom stereocenters. The molecule has 0 aromatic heterocycles. The molecule has 0 spiro atoms. The lowest BCUT2D eigenvalue weighted by Crippen LogP contribution is -2.48. The largest absolute Gasteiger partial charge is 0.385 e. The van der Waals surface area contributed by atoms with Gasteiger partial charge in [-0.3, -0.25) is 0 Å². The van der Waals surface area contributed by atoms with Crippen LogP contribution in [0.3, 0.4) is 0 Å². The third-order valence-electron chi connectivity index (χ3n) is 5.26. The van der Waals surface area contributed by atoms with Gasteiger partial charge in [0.2, 0.25) is 0 Å². The summed E-state index contributed by atoms with van der Waals surface area (Å²) < 4.78 is 0. The number of rotatable bonds is 1. The number of aryl methyl sites for hydroxylation is 2. The molecule has 2 aliphatic heterocycles. The Morgan fingerprint density at radius 1 is 1.20 bits per heavy atom. The summed E-state index contributed by atoms with van der Waals surface area (Å²) in [4.78, 5) is 2.43. The number of aliphatic hydroxyl groups is 1. The van der Waals surface area contributed by atoms with Gasteiger partial charge in [0.15, 0.2) is 0 Å². The minimum Gasteiger partial charge on any atom is -0.385 e. The highest BCUT2D eigenvalue weighted by atomic mass is 16.3. The first-order chi connectivity index (χ1) is 9.44. The van der Waals surface area contributed by atoms with Gasteiger partial charge in [0.05, 0.1) is 17.2 Å². The van der Waals surface area contributed by atoms with Gasteiger partial charge in [-0.25, -0.2) is 0 Å². The first-order valence-corrected chi connectivity index (χ1v) is 7.41. The van der Waals surface area contributed by atoms with Gasteiger partial charge in [-0.05, 0) is 75.4 Å². The third-order valence-corrected chi connectivity index (χ3v) is 5.26. The van der Waals surface area contributed by atoms with E-state index in [0.29, 0.717) is 17.6 Å². The molecule has 0 radical (unpaired) electrons. The monoisotopic (exact) mass is 270 g/mol. The predicted molar refractivity (Wildman–Crippen MR) is 78.3 cm³/mol. The number of hydrogen-bond donors (Lipinski definition) is 1. The number of fused-ring (bicyclic) bond motifs is 2. The molecule has 0 saturated carbocycles. The van der Waals surface area contributed by atoms with Crippen molar-refractivity contribution in [2.75, 3.05) is 7.05 Å². The van der Waals surface area contributed by atoms with Crippen molar-refractivity contribution in [3.8, 4) is 6.07 Å². The Labute approximate surface area is 120 Å². The summed E-state index contributed by atoms with van der Waals surface area (Å²) in [6.45, 7) is 4.03. The van der Waals surface area contributed by atoms with Gasteiger partial charge in [-0.1, -0.05) is 0 Å². The van der Waals surface area contributed by atoms with Crippen LogP contribution >= 0.6 is 0 Å². The Hall–Kier alpha value is -1.37. The Morgan fingerprint density at radius 3 is 2.15 bits per heavy atom. The number of piperidine rings is 1. The second kappa shape index (κ2) is 4.58. The molecule has 0 aliphatic carbocycles. The van der Waals surface area contributed by atoms with E-state index >= 15 is 0 Å². The van der Waals surface area contributed by atoms with Crippen LogP contribution in [0.5, 0.6) is 0 Å². The normalized spacial score (nSPS) is 33.1. The smallest absolute Gasteiger partial charge is 0.0991 e. The highest BCUT2D eigenvalue weighted by Gasteiger charge is 2.47. The first kappa shape index (κ1) is 13.6. The van der Waals surface area contributed by atoms with Gasteiger partial charge in [-0.2, -0.15) is 5.26 Å². The molecular formula is C17H22N2O. The Kier molecular flexibility index (Phi) is 3.12. The maximum Gasteiger partial charge on any atom is 0.0991 e. The summed E-state index contributed by atoms with van der Waals surface area (Å²) >= 11 is 0. The molecule has 0 amide bonds. The van der Waals surface area contributed by atoms with E-state index in [-0.39, 0.29) is 0 Å². The van der Waals surface area contributed by atoms with Crippen LogP contribution in [0.1, 0.15) is 47.9 Å². The zero-order chi connectivity index (χ0) is 14.5. The molecule has 1 N–H and O–H groups in total. The second-order valence-corrected chi connectivity index (χ2v) is 6.59. The lowest BCUT2D eigenvalue weighted by atomic mass is 9.76. The molecule has 106 valence electrons. The second-order valence-electron chi connectivity index (χ2n) is 6.59. The summed E-state index contributed by atoms with van der Waals surface area (Å²) in [7, 11) is 2.18. The molecule has 3 nitrogen and oxygen atoms in total. The maximum atomic E-state index is 11.3. The number of nitriles is 1. The summed E-state index contributed by atoms with van der Waals surface area (Å²) in [5.74, 6) is 0. The van der Waals surface area contributed by atoms with Crippen molar-refractivity contribution in [1.29, 1.82) is 5.26 Å². The van der Waals surface area contributed by atoms with Gasteiger partial charge in [0.1, 0.15) is 0 Å². The number of hydrogen-bond acceptors (Lipinski definition) is 3. The maximum absolute atomic E-state index is 11.3. The lowest BCUT2D eigenvalue weighted by molar-refractivity contribution is -0.0501. The summed E-state index contributed by atoms with van der Waals surface area (Å²) in [5, 5.41) is 20.3. The highest BCUT2D eigenvalue weighted by Crippen LogP contribution is 2.46. The van der Waals surface area contributed by atoms with E-state index in [4.69, 9.17) is 5.26 Å². The highest BCUT2D eigenvalue weighted by molar-refractivity contribution is 5.46. The van der Waals surface area contributed by atoms with E-state index in [1.165, 1.54) is 12.8 Å². The molecule has 3 rings (SSSR count). The topological polar surface area (TPSA) is 47.3 Å². The van der Waals surface area contributed by atoms with Crippen molar-refractivity contribution in [1.82, 2.24) is 4.90 Å². The van der Waals surface area contributed by atoms with E-state index < -0.39 is 5.60 Å². The fraction of sp³-hybridized carbons (Fsp3) is 0.588. The number of nitrogens with zero attached hydrogens (tertiary/aromatic N) is 2. The molecule has 2 heterocycles. The molecular weight excluding hydrogens is 248 g/mol. The number of benzene rings is 1. The van der Waals surface area contributed by atoms with Crippen LogP contribution in [0.2, 0.25) is 0 Å². The molecule has 20 heavy (non-hydrogen) atoms. The standard InChI is InChI=1S/C17H22N2O/c1-11-6-13(10-18)7-12(2)16(11)17(20)8-14-4-5-15(9-17)19(14)3/h6-7,14-15,20H,4-5,8-9H2,1-3H3. The third kappa shape index (κ3) is 1.95. The van der Waals surface area contributed by atoms with Gasteiger partial charge in [0, 0.05) is 12.1 Å². The molecule has 1 aromatic rings. The quantitative estimate of drug-likeness (QED) is 0.853. The van der Waals surface area contributed by atoms with Crippen molar-refractivity contribution >= 4 is 0 Å². The van der Waals surface area contributed by atoms with Gasteiger partial charge in [0.25, 0.3) is 0 Å². The van der Waals surface area contributed by atoms with Crippen molar-refractivity contribution in [2.45, 2.75) is 57.2 Å². The van der Waals surface area contributed by atoms with Crippen LogP contribution in [0.25, 0.3) is 0 Å². The average Bonchev–Trinajstić information content (AvgIpc) is 2.61. The molecule has 3 heteroatoms. The first-order valence-electron chi connectivity index (χ1n) is 7.41. The minimum atomic E-state index is -0.722. The Balaban J connectivity index is 2.03. The van der Waals surface area contributed by atoms with Crippen LogP contribution in [0.4, 0.5) is 0 Å². The van der Waals surface area contributed by atoms with Gasteiger partial charge >= 0.3 is 0 Å². The van der Waals surface area contributed by atoms with Crippen molar-refractivity contribution in [3.63, 3.8) is 0 Å². The molecule has 1 aromatic carbocycles. The molecule has 2 fully saturated rings. The van der Waals surface area contributed by atoms with E-state index in [1.54, 1.807) is 0 Å². The van der Waals surface area contributed by atoms with Crippen LogP contribution in [0.15, 0.2) is 12.1 Å². The fourth-order valence-corrected chi connectivity index (χ4v) is 4.41. The summed E-state index contributed by atoms with van der Waals surface area (Å²) in [5.41, 5.74) is 3.12. The van der Waals surface area contributed by atoms with Gasteiger partial charge < -0.3 is 10.0 Å². The van der Waals surface area contributed by atoms with Crippen molar-refractivity contribution < 1.29 is 5.11 Å². The minimum absolute atomic E-state index is 0.494. The van der Waals surface area contributed by atoms with Crippen LogP contribution in [-0.4, -0.2) is 29.1 Å². The molecule has 2 bridgehead atoms. The summed E-state index contributed by atoms with van der Waals surface area (Å²) in [6.07, 6.45) is 4.01. The average molecular weight is 270 g/mol. The van der Waals surface area contributed by atoms with Gasteiger partial charge in [-0.15, -0.1) is 0 Å². The SMILES string of the molecule is Cc1cc(C#N)cc(C)c1C1(O)CC2CCC(C1)N2C.